The van der Waals surface area contributed by atoms with E-state index < -0.39 is 0 Å². The Hall–Kier alpha value is -1.32. The number of aromatic nitrogens is 2. The standard InChI is InChI=1S/C8H11N3O/c1-12-8-7(9)10-4-6(11-8)5-2-3-5/h4-5H,2-3H2,1H3,(H2,9,10). The van der Waals surface area contributed by atoms with Gasteiger partial charge in [0.05, 0.1) is 19.0 Å². The number of nitrogens with two attached hydrogens (primary N) is 1. The molecular formula is C8H11N3O. The van der Waals surface area contributed by atoms with Crippen molar-refractivity contribution in [3.05, 3.63) is 11.9 Å². The van der Waals surface area contributed by atoms with Crippen LogP contribution in [0.1, 0.15) is 24.5 Å². The van der Waals surface area contributed by atoms with Gasteiger partial charge in [-0.1, -0.05) is 0 Å². The van der Waals surface area contributed by atoms with E-state index in [0.717, 1.165) is 5.69 Å². The largest absolute Gasteiger partial charge is 0.478 e. The van der Waals surface area contributed by atoms with E-state index in [1.165, 1.54) is 12.8 Å². The molecule has 0 aromatic carbocycles. The van der Waals surface area contributed by atoms with Crippen LogP contribution in [0.25, 0.3) is 0 Å². The average Bonchev–Trinajstić information content (AvgIpc) is 2.88. The molecule has 0 radical (unpaired) electrons. The fraction of sp³-hybridized carbons (Fsp3) is 0.500. The summed E-state index contributed by atoms with van der Waals surface area (Å²) in [5, 5.41) is 0. The number of rotatable bonds is 2. The van der Waals surface area contributed by atoms with Crippen LogP contribution in [0.5, 0.6) is 5.88 Å². The molecule has 64 valence electrons. The van der Waals surface area contributed by atoms with Gasteiger partial charge >= 0.3 is 0 Å². The fourth-order valence-electron chi connectivity index (χ4n) is 1.12. The second-order valence-corrected chi connectivity index (χ2v) is 2.96. The molecule has 0 aliphatic heterocycles. The molecule has 2 N–H and O–H groups in total. The van der Waals surface area contributed by atoms with E-state index in [4.69, 9.17) is 10.5 Å². The number of ether oxygens (including phenoxy) is 1. The summed E-state index contributed by atoms with van der Waals surface area (Å²) < 4.78 is 4.96. The van der Waals surface area contributed by atoms with E-state index >= 15 is 0 Å². The lowest BCUT2D eigenvalue weighted by Crippen LogP contribution is -2.00. The van der Waals surface area contributed by atoms with E-state index in [-0.39, 0.29) is 0 Å². The maximum Gasteiger partial charge on any atom is 0.257 e. The molecule has 0 saturated heterocycles. The molecular weight excluding hydrogens is 154 g/mol. The predicted molar refractivity (Wildman–Crippen MR) is 45.0 cm³/mol. The van der Waals surface area contributed by atoms with Gasteiger partial charge in [-0.05, 0) is 12.8 Å². The quantitative estimate of drug-likeness (QED) is 0.708. The third-order valence-corrected chi connectivity index (χ3v) is 1.97. The Balaban J connectivity index is 2.33. The highest BCUT2D eigenvalue weighted by molar-refractivity contribution is 5.40. The first-order valence-electron chi connectivity index (χ1n) is 3.97. The van der Waals surface area contributed by atoms with Crippen molar-refractivity contribution < 1.29 is 4.74 Å². The first kappa shape index (κ1) is 7.34. The third kappa shape index (κ3) is 1.20. The highest BCUT2D eigenvalue weighted by Gasteiger charge is 2.26. The van der Waals surface area contributed by atoms with Gasteiger partial charge in [-0.25, -0.2) is 9.97 Å². The zero-order chi connectivity index (χ0) is 8.55. The molecule has 2 rings (SSSR count). The van der Waals surface area contributed by atoms with Crippen LogP contribution in [0.15, 0.2) is 6.20 Å². The smallest absolute Gasteiger partial charge is 0.257 e. The van der Waals surface area contributed by atoms with Crippen molar-refractivity contribution in [1.29, 1.82) is 0 Å². The normalized spacial score (nSPS) is 16.1. The first-order chi connectivity index (χ1) is 5.81. The Morgan fingerprint density at radius 1 is 1.58 bits per heavy atom. The summed E-state index contributed by atoms with van der Waals surface area (Å²) in [6.45, 7) is 0. The molecule has 1 aromatic heterocycles. The molecule has 0 unspecified atom stereocenters. The minimum atomic E-state index is 0.363. The molecule has 1 aliphatic carbocycles. The summed E-state index contributed by atoms with van der Waals surface area (Å²) >= 11 is 0. The van der Waals surface area contributed by atoms with Gasteiger partial charge in [0.1, 0.15) is 0 Å². The zero-order valence-electron chi connectivity index (χ0n) is 6.95. The lowest BCUT2D eigenvalue weighted by Gasteiger charge is -2.03. The molecule has 0 bridgehead atoms. The maximum atomic E-state index is 5.52. The van der Waals surface area contributed by atoms with Crippen LogP contribution in [-0.2, 0) is 0 Å². The monoisotopic (exact) mass is 165 g/mol. The second-order valence-electron chi connectivity index (χ2n) is 2.96. The van der Waals surface area contributed by atoms with Gasteiger partial charge in [0.25, 0.3) is 5.88 Å². The van der Waals surface area contributed by atoms with Gasteiger partial charge < -0.3 is 10.5 Å². The minimum Gasteiger partial charge on any atom is -0.478 e. The second kappa shape index (κ2) is 2.62. The molecule has 0 amide bonds. The molecule has 12 heavy (non-hydrogen) atoms. The van der Waals surface area contributed by atoms with E-state index in [0.29, 0.717) is 17.6 Å². The van der Waals surface area contributed by atoms with Crippen LogP contribution in [0.3, 0.4) is 0 Å². The van der Waals surface area contributed by atoms with Crippen LogP contribution in [0, 0.1) is 0 Å². The summed E-state index contributed by atoms with van der Waals surface area (Å²) in [7, 11) is 1.55. The lowest BCUT2D eigenvalue weighted by molar-refractivity contribution is 0.396. The molecule has 0 atom stereocenters. The molecule has 1 heterocycles. The predicted octanol–water partition coefficient (Wildman–Crippen LogP) is 0.945. The number of anilines is 1. The molecule has 1 aromatic rings. The Bertz CT molecular complexity index is 296. The van der Waals surface area contributed by atoms with Crippen molar-refractivity contribution >= 4 is 5.82 Å². The van der Waals surface area contributed by atoms with E-state index in [9.17, 15) is 0 Å². The van der Waals surface area contributed by atoms with E-state index in [1.54, 1.807) is 13.3 Å². The lowest BCUT2D eigenvalue weighted by atomic mass is 10.3. The highest BCUT2D eigenvalue weighted by atomic mass is 16.5. The number of nitrogens with zero attached hydrogens (tertiary/aromatic N) is 2. The molecule has 0 spiro atoms. The van der Waals surface area contributed by atoms with Crippen LogP contribution >= 0.6 is 0 Å². The minimum absolute atomic E-state index is 0.363. The van der Waals surface area contributed by atoms with E-state index in [1.807, 2.05) is 0 Å². The van der Waals surface area contributed by atoms with Crippen molar-refractivity contribution in [1.82, 2.24) is 9.97 Å². The summed E-state index contributed by atoms with van der Waals surface area (Å²) in [4.78, 5) is 8.24. The molecule has 1 fully saturated rings. The van der Waals surface area contributed by atoms with Gasteiger partial charge in [0.15, 0.2) is 5.82 Å². The van der Waals surface area contributed by atoms with Crippen LogP contribution in [0.4, 0.5) is 5.82 Å². The zero-order valence-corrected chi connectivity index (χ0v) is 6.95. The summed E-state index contributed by atoms with van der Waals surface area (Å²) in [6, 6.07) is 0. The summed E-state index contributed by atoms with van der Waals surface area (Å²) in [5.74, 6) is 1.40. The van der Waals surface area contributed by atoms with Crippen molar-refractivity contribution in [3.63, 3.8) is 0 Å². The van der Waals surface area contributed by atoms with Crippen LogP contribution < -0.4 is 10.5 Å². The SMILES string of the molecule is COc1nc(C2CC2)cnc1N. The Morgan fingerprint density at radius 2 is 2.33 bits per heavy atom. The third-order valence-electron chi connectivity index (χ3n) is 1.97. The van der Waals surface area contributed by atoms with Crippen molar-refractivity contribution in [3.8, 4) is 5.88 Å². The van der Waals surface area contributed by atoms with Gasteiger partial charge in [-0.2, -0.15) is 0 Å². The Kier molecular flexibility index (Phi) is 1.60. The van der Waals surface area contributed by atoms with Crippen molar-refractivity contribution in [2.24, 2.45) is 0 Å². The van der Waals surface area contributed by atoms with Crippen molar-refractivity contribution in [2.75, 3.05) is 12.8 Å². The number of hydrogen-bond acceptors (Lipinski definition) is 4. The van der Waals surface area contributed by atoms with E-state index in [2.05, 4.69) is 9.97 Å². The van der Waals surface area contributed by atoms with Crippen LogP contribution in [0.2, 0.25) is 0 Å². The molecule has 4 heteroatoms. The average molecular weight is 165 g/mol. The fourth-order valence-corrected chi connectivity index (χ4v) is 1.12. The maximum absolute atomic E-state index is 5.52. The molecule has 1 aliphatic rings. The number of hydrogen-bond donors (Lipinski definition) is 1. The van der Waals surface area contributed by atoms with Gasteiger partial charge in [0, 0.05) is 5.92 Å². The van der Waals surface area contributed by atoms with Gasteiger partial charge in [-0.3, -0.25) is 0 Å². The number of methoxy groups -OCH3 is 1. The highest BCUT2D eigenvalue weighted by Crippen LogP contribution is 2.39. The Morgan fingerprint density at radius 3 is 2.92 bits per heavy atom. The van der Waals surface area contributed by atoms with Gasteiger partial charge in [0.2, 0.25) is 0 Å². The first-order valence-corrected chi connectivity index (χ1v) is 3.97. The summed E-state index contributed by atoms with van der Waals surface area (Å²) in [5.41, 5.74) is 6.52. The van der Waals surface area contributed by atoms with Crippen LogP contribution in [-0.4, -0.2) is 17.1 Å². The Labute approximate surface area is 70.8 Å². The topological polar surface area (TPSA) is 61.0 Å². The molecule has 1 saturated carbocycles. The number of nitrogen functional groups attached to an aromatic ring is 1. The molecule has 4 nitrogen and oxygen atoms in total. The van der Waals surface area contributed by atoms with Crippen molar-refractivity contribution in [2.45, 2.75) is 18.8 Å². The summed E-state index contributed by atoms with van der Waals surface area (Å²) in [6.07, 6.45) is 4.15. The van der Waals surface area contributed by atoms with Gasteiger partial charge in [-0.15, -0.1) is 0 Å².